The van der Waals surface area contributed by atoms with Crippen molar-refractivity contribution in [3.8, 4) is 0 Å². The molecule has 4 rings (SSSR count). The quantitative estimate of drug-likeness (QED) is 0.573. The van der Waals surface area contributed by atoms with Gasteiger partial charge in [-0.2, -0.15) is 5.10 Å². The van der Waals surface area contributed by atoms with E-state index in [0.717, 1.165) is 27.7 Å². The molecule has 5 nitrogen and oxygen atoms in total. The van der Waals surface area contributed by atoms with Gasteiger partial charge in [-0.15, -0.1) is 0 Å². The fraction of sp³-hybridized carbons (Fsp3) is 0.182. The number of hydrogen-bond acceptors (Lipinski definition) is 2. The molecule has 1 amide bonds. The largest absolute Gasteiger partial charge is 0.350 e. The molecule has 0 aliphatic rings. The van der Waals surface area contributed by atoms with E-state index in [-0.39, 0.29) is 5.91 Å². The molecule has 27 heavy (non-hydrogen) atoms. The maximum Gasteiger partial charge on any atom is 0.240 e. The van der Waals surface area contributed by atoms with E-state index in [1.165, 1.54) is 0 Å². The van der Waals surface area contributed by atoms with Crippen molar-refractivity contribution in [2.24, 2.45) is 0 Å². The summed E-state index contributed by atoms with van der Waals surface area (Å²) >= 11 is 0. The minimum atomic E-state index is 0.00773. The number of carbonyl (C=O) groups excluding carboxylic acids is 1. The van der Waals surface area contributed by atoms with Crippen LogP contribution < -0.4 is 5.32 Å². The van der Waals surface area contributed by atoms with Crippen LogP contribution in [0, 0.1) is 6.92 Å². The SMILES string of the molecule is Cc1cc2ccccc2n1CC(=O)NCc1ccccc1Cn1cccn1. The van der Waals surface area contributed by atoms with Crippen LogP contribution in [-0.4, -0.2) is 20.3 Å². The van der Waals surface area contributed by atoms with Gasteiger partial charge < -0.3 is 9.88 Å². The van der Waals surface area contributed by atoms with Crippen molar-refractivity contribution in [2.45, 2.75) is 26.6 Å². The number of benzene rings is 2. The monoisotopic (exact) mass is 358 g/mol. The molecule has 0 spiro atoms. The van der Waals surface area contributed by atoms with E-state index in [1.54, 1.807) is 6.20 Å². The standard InChI is InChI=1S/C22H22N4O/c1-17-13-18-7-4-5-10-21(18)26(17)16-22(27)23-14-19-8-2-3-9-20(19)15-25-12-6-11-24-25/h2-13H,14-16H2,1H3,(H,23,27). The van der Waals surface area contributed by atoms with Gasteiger partial charge in [-0.05, 0) is 41.6 Å². The Balaban J connectivity index is 1.44. The Bertz CT molecular complexity index is 1060. The summed E-state index contributed by atoms with van der Waals surface area (Å²) in [5.74, 6) is 0.00773. The van der Waals surface area contributed by atoms with Crippen LogP contribution >= 0.6 is 0 Å². The van der Waals surface area contributed by atoms with Crippen molar-refractivity contribution in [1.29, 1.82) is 0 Å². The number of aryl methyl sites for hydroxylation is 1. The molecule has 136 valence electrons. The van der Waals surface area contributed by atoms with Gasteiger partial charge in [-0.25, -0.2) is 0 Å². The van der Waals surface area contributed by atoms with Gasteiger partial charge in [-0.1, -0.05) is 42.5 Å². The van der Waals surface area contributed by atoms with E-state index in [0.29, 0.717) is 19.6 Å². The molecule has 0 aliphatic carbocycles. The predicted molar refractivity (Wildman–Crippen MR) is 106 cm³/mol. The number of aromatic nitrogens is 3. The van der Waals surface area contributed by atoms with Crippen LogP contribution in [0.25, 0.3) is 10.9 Å². The summed E-state index contributed by atoms with van der Waals surface area (Å²) in [5, 5.41) is 8.48. The minimum Gasteiger partial charge on any atom is -0.350 e. The first kappa shape index (κ1) is 17.1. The second kappa shape index (κ2) is 7.50. The zero-order chi connectivity index (χ0) is 18.6. The summed E-state index contributed by atoms with van der Waals surface area (Å²) in [4.78, 5) is 12.6. The first-order chi connectivity index (χ1) is 13.2. The van der Waals surface area contributed by atoms with Crippen molar-refractivity contribution >= 4 is 16.8 Å². The molecule has 5 heteroatoms. The molecule has 0 fully saturated rings. The highest BCUT2D eigenvalue weighted by Gasteiger charge is 2.10. The lowest BCUT2D eigenvalue weighted by Crippen LogP contribution is -2.28. The highest BCUT2D eigenvalue weighted by atomic mass is 16.1. The lowest BCUT2D eigenvalue weighted by atomic mass is 10.1. The van der Waals surface area contributed by atoms with Crippen LogP contribution in [0.1, 0.15) is 16.8 Å². The molecule has 0 atom stereocenters. The third-order valence-corrected chi connectivity index (χ3v) is 4.81. The van der Waals surface area contributed by atoms with Gasteiger partial charge in [0.15, 0.2) is 0 Å². The molecule has 0 radical (unpaired) electrons. The second-order valence-corrected chi connectivity index (χ2v) is 6.68. The molecule has 0 unspecified atom stereocenters. The Labute approximate surface area is 158 Å². The van der Waals surface area contributed by atoms with Crippen molar-refractivity contribution < 1.29 is 4.79 Å². The maximum absolute atomic E-state index is 12.6. The Kier molecular flexibility index (Phi) is 4.75. The summed E-state index contributed by atoms with van der Waals surface area (Å²) in [6.07, 6.45) is 3.71. The van der Waals surface area contributed by atoms with Gasteiger partial charge in [0, 0.05) is 30.1 Å². The number of amides is 1. The Morgan fingerprint density at radius 1 is 1.04 bits per heavy atom. The molecule has 2 aromatic carbocycles. The van der Waals surface area contributed by atoms with E-state index >= 15 is 0 Å². The van der Waals surface area contributed by atoms with Crippen LogP contribution in [0.3, 0.4) is 0 Å². The van der Waals surface area contributed by atoms with E-state index in [4.69, 9.17) is 0 Å². The van der Waals surface area contributed by atoms with E-state index < -0.39 is 0 Å². The molecule has 2 heterocycles. The molecule has 2 aromatic heterocycles. The summed E-state index contributed by atoms with van der Waals surface area (Å²) in [7, 11) is 0. The number of nitrogens with one attached hydrogen (secondary N) is 1. The van der Waals surface area contributed by atoms with E-state index in [2.05, 4.69) is 45.3 Å². The predicted octanol–water partition coefficient (Wildman–Crippen LogP) is 3.51. The molecular weight excluding hydrogens is 336 g/mol. The van der Waals surface area contributed by atoms with Crippen LogP contribution in [-0.2, 0) is 24.4 Å². The highest BCUT2D eigenvalue weighted by molar-refractivity contribution is 5.84. The van der Waals surface area contributed by atoms with Gasteiger partial charge in [0.05, 0.1) is 6.54 Å². The molecule has 1 N–H and O–H groups in total. The highest BCUT2D eigenvalue weighted by Crippen LogP contribution is 2.19. The number of rotatable bonds is 6. The van der Waals surface area contributed by atoms with Crippen LogP contribution in [0.2, 0.25) is 0 Å². The Morgan fingerprint density at radius 2 is 1.81 bits per heavy atom. The molecular formula is C22H22N4O. The van der Waals surface area contributed by atoms with Gasteiger partial charge >= 0.3 is 0 Å². The van der Waals surface area contributed by atoms with Crippen LogP contribution in [0.4, 0.5) is 0 Å². The molecule has 0 saturated heterocycles. The lowest BCUT2D eigenvalue weighted by Gasteiger charge is -2.12. The lowest BCUT2D eigenvalue weighted by molar-refractivity contribution is -0.121. The Morgan fingerprint density at radius 3 is 2.63 bits per heavy atom. The third kappa shape index (κ3) is 3.77. The Hall–Kier alpha value is -3.34. The number of fused-ring (bicyclic) bond motifs is 1. The fourth-order valence-electron chi connectivity index (χ4n) is 3.40. The molecule has 0 aliphatic heterocycles. The van der Waals surface area contributed by atoms with Gasteiger partial charge in [0.1, 0.15) is 6.54 Å². The summed E-state index contributed by atoms with van der Waals surface area (Å²) in [5.41, 5.74) is 4.44. The number of nitrogens with zero attached hydrogens (tertiary/aromatic N) is 3. The molecule has 0 saturated carbocycles. The summed E-state index contributed by atoms with van der Waals surface area (Å²) < 4.78 is 3.94. The van der Waals surface area contributed by atoms with E-state index in [1.807, 2.05) is 48.1 Å². The van der Waals surface area contributed by atoms with Crippen molar-refractivity contribution in [3.63, 3.8) is 0 Å². The average Bonchev–Trinajstić information content (AvgIpc) is 3.29. The third-order valence-electron chi connectivity index (χ3n) is 4.81. The normalized spacial score (nSPS) is 11.0. The zero-order valence-corrected chi connectivity index (χ0v) is 15.3. The smallest absolute Gasteiger partial charge is 0.240 e. The average molecular weight is 358 g/mol. The first-order valence-corrected chi connectivity index (χ1v) is 9.06. The van der Waals surface area contributed by atoms with Crippen molar-refractivity contribution in [1.82, 2.24) is 19.7 Å². The number of hydrogen-bond donors (Lipinski definition) is 1. The molecule has 0 bridgehead atoms. The maximum atomic E-state index is 12.6. The number of para-hydroxylation sites is 1. The van der Waals surface area contributed by atoms with E-state index in [9.17, 15) is 4.79 Å². The first-order valence-electron chi connectivity index (χ1n) is 9.06. The second-order valence-electron chi connectivity index (χ2n) is 6.68. The summed E-state index contributed by atoms with van der Waals surface area (Å²) in [6, 6.07) is 20.3. The fourth-order valence-corrected chi connectivity index (χ4v) is 3.40. The summed E-state index contributed by atoms with van der Waals surface area (Å²) in [6.45, 7) is 3.56. The molecule has 4 aromatic rings. The minimum absolute atomic E-state index is 0.00773. The number of carbonyl (C=O) groups is 1. The van der Waals surface area contributed by atoms with Crippen LogP contribution in [0.15, 0.2) is 73.1 Å². The van der Waals surface area contributed by atoms with Crippen LogP contribution in [0.5, 0.6) is 0 Å². The zero-order valence-electron chi connectivity index (χ0n) is 15.3. The van der Waals surface area contributed by atoms with Gasteiger partial charge in [0.2, 0.25) is 5.91 Å². The van der Waals surface area contributed by atoms with Gasteiger partial charge in [0.25, 0.3) is 0 Å². The van der Waals surface area contributed by atoms with Crippen molar-refractivity contribution in [2.75, 3.05) is 0 Å². The van der Waals surface area contributed by atoms with Crippen molar-refractivity contribution in [3.05, 3.63) is 89.9 Å². The topological polar surface area (TPSA) is 51.9 Å². The van der Waals surface area contributed by atoms with Gasteiger partial charge in [-0.3, -0.25) is 9.48 Å².